The van der Waals surface area contributed by atoms with Gasteiger partial charge in [-0.2, -0.15) is 0 Å². The van der Waals surface area contributed by atoms with Crippen molar-refractivity contribution in [2.24, 2.45) is 0 Å². The van der Waals surface area contributed by atoms with Gasteiger partial charge in [-0.3, -0.25) is 4.79 Å². The predicted molar refractivity (Wildman–Crippen MR) is 80.5 cm³/mol. The Morgan fingerprint density at radius 1 is 1.05 bits per heavy atom. The summed E-state index contributed by atoms with van der Waals surface area (Å²) in [5.41, 5.74) is 6.26. The molecule has 2 aliphatic heterocycles. The van der Waals surface area contributed by atoms with Crippen molar-refractivity contribution >= 4 is 22.9 Å². The minimum absolute atomic E-state index is 0.000793. The number of rotatable bonds is 0. The number of benzene rings is 2. The Bertz CT molecular complexity index is 761. The van der Waals surface area contributed by atoms with Crippen LogP contribution in [0.2, 0.25) is 0 Å². The quantitative estimate of drug-likeness (QED) is 0.740. The molecule has 2 aliphatic rings. The first-order valence-electron chi connectivity index (χ1n) is 6.71. The van der Waals surface area contributed by atoms with Crippen LogP contribution >= 0.6 is 0 Å². The highest BCUT2D eigenvalue weighted by atomic mass is 16.2. The maximum Gasteiger partial charge on any atom is 0.258 e. The van der Waals surface area contributed by atoms with E-state index in [0.29, 0.717) is 0 Å². The number of nitrogens with zero attached hydrogens (tertiary/aromatic N) is 1. The smallest absolute Gasteiger partial charge is 0.258 e. The molecule has 3 nitrogen and oxygen atoms in total. The van der Waals surface area contributed by atoms with Crippen molar-refractivity contribution in [3.63, 3.8) is 0 Å². The molecule has 0 aliphatic carbocycles. The molecule has 2 heterocycles. The van der Waals surface area contributed by atoms with Crippen LogP contribution in [-0.4, -0.2) is 13.0 Å². The van der Waals surface area contributed by atoms with Crippen LogP contribution in [0.25, 0.3) is 5.57 Å². The standard InChI is InChI=1S/C17H14N2O/c1-19-14-9-5-2-6-11(14)10-15(19)16-12-7-3-4-8-13(12)18-17(16)20/h2-9H,10H2,1H3,(H,18,20). The molecule has 0 aromatic heterocycles. The van der Waals surface area contributed by atoms with Crippen molar-refractivity contribution < 1.29 is 4.79 Å². The summed E-state index contributed by atoms with van der Waals surface area (Å²) in [5, 5.41) is 2.95. The lowest BCUT2D eigenvalue weighted by Gasteiger charge is -2.16. The summed E-state index contributed by atoms with van der Waals surface area (Å²) in [6.45, 7) is 0. The summed E-state index contributed by atoms with van der Waals surface area (Å²) in [6, 6.07) is 16.2. The molecule has 0 bridgehead atoms. The Labute approximate surface area is 117 Å². The second-order valence-corrected chi connectivity index (χ2v) is 5.19. The minimum atomic E-state index is 0.000793. The van der Waals surface area contributed by atoms with Gasteiger partial charge in [0.05, 0.1) is 5.57 Å². The number of likely N-dealkylation sites (N-methyl/N-ethyl adjacent to an activating group) is 1. The first kappa shape index (κ1) is 11.3. The summed E-state index contributed by atoms with van der Waals surface area (Å²) in [6.07, 6.45) is 0.809. The topological polar surface area (TPSA) is 32.3 Å². The SMILES string of the molecule is CN1C(=C2C(=O)Nc3ccccc32)Cc2ccccc21. The molecular weight excluding hydrogens is 248 g/mol. The third-order valence-electron chi connectivity index (χ3n) is 4.08. The van der Waals surface area contributed by atoms with Crippen LogP contribution in [0.3, 0.4) is 0 Å². The summed E-state index contributed by atoms with van der Waals surface area (Å²) in [7, 11) is 2.03. The van der Waals surface area contributed by atoms with Gasteiger partial charge in [-0.1, -0.05) is 36.4 Å². The molecule has 20 heavy (non-hydrogen) atoms. The van der Waals surface area contributed by atoms with Crippen LogP contribution in [0.15, 0.2) is 54.2 Å². The van der Waals surface area contributed by atoms with Gasteiger partial charge < -0.3 is 10.2 Å². The number of amides is 1. The highest BCUT2D eigenvalue weighted by molar-refractivity contribution is 6.32. The first-order chi connectivity index (χ1) is 9.75. The normalized spacial score (nSPS) is 19.9. The molecule has 2 aromatic carbocycles. The van der Waals surface area contributed by atoms with E-state index in [2.05, 4.69) is 22.3 Å². The molecule has 98 valence electrons. The van der Waals surface area contributed by atoms with Crippen LogP contribution in [0.5, 0.6) is 0 Å². The number of carbonyl (C=O) groups excluding carboxylic acids is 1. The van der Waals surface area contributed by atoms with Crippen molar-refractivity contribution in [2.75, 3.05) is 17.3 Å². The Kier molecular flexibility index (Phi) is 2.24. The summed E-state index contributed by atoms with van der Waals surface area (Å²) >= 11 is 0. The van der Waals surface area contributed by atoms with Gasteiger partial charge in [-0.15, -0.1) is 0 Å². The van der Waals surface area contributed by atoms with Crippen molar-refractivity contribution in [3.05, 3.63) is 65.4 Å². The Morgan fingerprint density at radius 3 is 2.65 bits per heavy atom. The second kappa shape index (κ2) is 3.97. The fraction of sp³-hybridized carbons (Fsp3) is 0.118. The second-order valence-electron chi connectivity index (χ2n) is 5.19. The van der Waals surface area contributed by atoms with Crippen LogP contribution in [0, 0.1) is 0 Å². The Hall–Kier alpha value is -2.55. The maximum atomic E-state index is 12.3. The maximum absolute atomic E-state index is 12.3. The van der Waals surface area contributed by atoms with Crippen LogP contribution in [-0.2, 0) is 11.2 Å². The highest BCUT2D eigenvalue weighted by Gasteiger charge is 2.32. The number of para-hydroxylation sites is 2. The van der Waals surface area contributed by atoms with Crippen molar-refractivity contribution in [2.45, 2.75) is 6.42 Å². The van der Waals surface area contributed by atoms with Gasteiger partial charge in [0.2, 0.25) is 0 Å². The molecule has 1 N–H and O–H groups in total. The van der Waals surface area contributed by atoms with Crippen LogP contribution in [0.1, 0.15) is 11.1 Å². The van der Waals surface area contributed by atoms with E-state index in [9.17, 15) is 4.79 Å². The molecule has 0 atom stereocenters. The van der Waals surface area contributed by atoms with E-state index in [1.807, 2.05) is 43.4 Å². The Morgan fingerprint density at radius 2 is 1.80 bits per heavy atom. The molecule has 1 amide bonds. The zero-order valence-electron chi connectivity index (χ0n) is 11.2. The van der Waals surface area contributed by atoms with Crippen LogP contribution in [0.4, 0.5) is 11.4 Å². The molecule has 0 spiro atoms. The van der Waals surface area contributed by atoms with E-state index in [1.54, 1.807) is 0 Å². The van der Waals surface area contributed by atoms with Gasteiger partial charge in [0.15, 0.2) is 0 Å². The van der Waals surface area contributed by atoms with E-state index >= 15 is 0 Å². The van der Waals surface area contributed by atoms with E-state index < -0.39 is 0 Å². The van der Waals surface area contributed by atoms with Gasteiger partial charge in [-0.25, -0.2) is 0 Å². The number of nitrogens with one attached hydrogen (secondary N) is 1. The van der Waals surface area contributed by atoms with E-state index in [-0.39, 0.29) is 5.91 Å². The number of fused-ring (bicyclic) bond motifs is 2. The molecule has 3 heteroatoms. The fourth-order valence-corrected chi connectivity index (χ4v) is 3.09. The van der Waals surface area contributed by atoms with Crippen molar-refractivity contribution in [1.82, 2.24) is 0 Å². The van der Waals surface area contributed by atoms with Gasteiger partial charge in [0, 0.05) is 36.1 Å². The molecular formula is C17H14N2O. The third kappa shape index (κ3) is 1.43. The van der Waals surface area contributed by atoms with Crippen molar-refractivity contribution in [1.29, 1.82) is 0 Å². The molecule has 2 aromatic rings. The van der Waals surface area contributed by atoms with Gasteiger partial charge >= 0.3 is 0 Å². The number of hydrogen-bond donors (Lipinski definition) is 1. The predicted octanol–water partition coefficient (Wildman–Crippen LogP) is 3.04. The summed E-state index contributed by atoms with van der Waals surface area (Å²) in [4.78, 5) is 14.5. The summed E-state index contributed by atoms with van der Waals surface area (Å²) < 4.78 is 0. The van der Waals surface area contributed by atoms with E-state index in [1.165, 1.54) is 11.3 Å². The average molecular weight is 262 g/mol. The highest BCUT2D eigenvalue weighted by Crippen LogP contribution is 2.41. The largest absolute Gasteiger partial charge is 0.347 e. The fourth-order valence-electron chi connectivity index (χ4n) is 3.09. The molecule has 0 radical (unpaired) electrons. The number of anilines is 2. The van der Waals surface area contributed by atoms with E-state index in [0.717, 1.165) is 28.9 Å². The monoisotopic (exact) mass is 262 g/mol. The van der Waals surface area contributed by atoms with Gasteiger partial charge in [-0.05, 0) is 17.7 Å². The first-order valence-corrected chi connectivity index (χ1v) is 6.71. The number of carbonyl (C=O) groups is 1. The Balaban J connectivity index is 1.92. The number of allylic oxidation sites excluding steroid dienone is 1. The third-order valence-corrected chi connectivity index (χ3v) is 4.08. The lowest BCUT2D eigenvalue weighted by molar-refractivity contribution is -0.110. The lowest BCUT2D eigenvalue weighted by Crippen LogP contribution is -2.16. The van der Waals surface area contributed by atoms with E-state index in [4.69, 9.17) is 0 Å². The zero-order valence-corrected chi connectivity index (χ0v) is 11.2. The molecule has 4 rings (SSSR count). The molecule has 0 saturated heterocycles. The molecule has 0 fully saturated rings. The lowest BCUT2D eigenvalue weighted by atomic mass is 10.0. The van der Waals surface area contributed by atoms with Gasteiger partial charge in [0.25, 0.3) is 5.91 Å². The minimum Gasteiger partial charge on any atom is -0.347 e. The number of hydrogen-bond acceptors (Lipinski definition) is 2. The van der Waals surface area contributed by atoms with Gasteiger partial charge in [0.1, 0.15) is 0 Å². The van der Waals surface area contributed by atoms with Crippen molar-refractivity contribution in [3.8, 4) is 0 Å². The average Bonchev–Trinajstić information content (AvgIpc) is 2.96. The van der Waals surface area contributed by atoms with Crippen LogP contribution < -0.4 is 10.2 Å². The summed E-state index contributed by atoms with van der Waals surface area (Å²) in [5.74, 6) is 0.000793. The molecule has 0 unspecified atom stereocenters. The molecule has 0 saturated carbocycles. The zero-order chi connectivity index (χ0) is 13.7.